The van der Waals surface area contributed by atoms with Crippen LogP contribution in [0.15, 0.2) is 24.3 Å². The fraction of sp³-hybridized carbons (Fsp3) is 0.654. The zero-order chi connectivity index (χ0) is 24.4. The Labute approximate surface area is 207 Å². The molecular weight excluding hydrogens is 446 g/mol. The highest BCUT2D eigenvalue weighted by Crippen LogP contribution is 2.38. The molecule has 5 rings (SSSR count). The summed E-state index contributed by atoms with van der Waals surface area (Å²) in [6.07, 6.45) is 5.32. The van der Waals surface area contributed by atoms with Crippen molar-refractivity contribution >= 4 is 23.7 Å². The highest BCUT2D eigenvalue weighted by Gasteiger charge is 2.45. The Kier molecular flexibility index (Phi) is 7.02. The van der Waals surface area contributed by atoms with Crippen LogP contribution in [0.1, 0.15) is 45.4 Å². The summed E-state index contributed by atoms with van der Waals surface area (Å²) in [7, 11) is 0. The first kappa shape index (κ1) is 23.8. The molecule has 9 nitrogen and oxygen atoms in total. The normalized spacial score (nSPS) is 26.7. The smallest absolute Gasteiger partial charge is 0.320 e. The molecule has 1 aromatic carbocycles. The van der Waals surface area contributed by atoms with Gasteiger partial charge in [0, 0.05) is 51.2 Å². The quantitative estimate of drug-likeness (QED) is 0.688. The van der Waals surface area contributed by atoms with Crippen LogP contribution in [0.2, 0.25) is 0 Å². The number of rotatable bonds is 4. The van der Waals surface area contributed by atoms with Gasteiger partial charge in [0.05, 0.1) is 12.3 Å². The van der Waals surface area contributed by atoms with E-state index in [4.69, 9.17) is 4.74 Å². The highest BCUT2D eigenvalue weighted by atomic mass is 16.5. The molecule has 4 aliphatic rings. The molecule has 3 atom stereocenters. The largest absolute Gasteiger partial charge is 0.492 e. The van der Waals surface area contributed by atoms with Gasteiger partial charge in [-0.1, -0.05) is 12.1 Å². The van der Waals surface area contributed by atoms with Crippen molar-refractivity contribution in [3.63, 3.8) is 0 Å². The number of carbonyl (C=O) groups is 3. The van der Waals surface area contributed by atoms with E-state index >= 15 is 0 Å². The maximum absolute atomic E-state index is 13.3. The number of benzene rings is 1. The number of fused-ring (bicyclic) bond motifs is 4. The third kappa shape index (κ3) is 5.18. The lowest BCUT2D eigenvalue weighted by Gasteiger charge is -2.53. The third-order valence-electron chi connectivity index (χ3n) is 7.99. The van der Waals surface area contributed by atoms with Gasteiger partial charge in [-0.25, -0.2) is 9.59 Å². The van der Waals surface area contributed by atoms with Crippen molar-refractivity contribution in [2.45, 2.75) is 57.5 Å². The molecule has 190 valence electrons. The first-order valence-corrected chi connectivity index (χ1v) is 13.1. The van der Waals surface area contributed by atoms with Crippen molar-refractivity contribution in [1.29, 1.82) is 0 Å². The number of amides is 5. The molecule has 0 radical (unpaired) electrons. The number of anilines is 1. The summed E-state index contributed by atoms with van der Waals surface area (Å²) in [6.45, 7) is 6.01. The summed E-state index contributed by atoms with van der Waals surface area (Å²) in [4.78, 5) is 44.3. The van der Waals surface area contributed by atoms with Gasteiger partial charge in [0.1, 0.15) is 5.75 Å². The average Bonchev–Trinajstić information content (AvgIpc) is 2.86. The summed E-state index contributed by atoms with van der Waals surface area (Å²) >= 11 is 0. The number of ether oxygens (including phenoxy) is 1. The Morgan fingerprint density at radius 3 is 2.66 bits per heavy atom. The van der Waals surface area contributed by atoms with Crippen LogP contribution in [0.25, 0.3) is 0 Å². The Morgan fingerprint density at radius 2 is 1.86 bits per heavy atom. The molecule has 4 saturated heterocycles. The van der Waals surface area contributed by atoms with E-state index in [0.29, 0.717) is 61.3 Å². The van der Waals surface area contributed by atoms with Gasteiger partial charge in [0.15, 0.2) is 0 Å². The van der Waals surface area contributed by atoms with Crippen molar-refractivity contribution in [3.8, 4) is 5.75 Å². The van der Waals surface area contributed by atoms with Crippen molar-refractivity contribution in [1.82, 2.24) is 20.0 Å². The second-order valence-corrected chi connectivity index (χ2v) is 10.3. The molecule has 2 N–H and O–H groups in total. The lowest BCUT2D eigenvalue weighted by Crippen LogP contribution is -2.62. The summed E-state index contributed by atoms with van der Waals surface area (Å²) in [6, 6.07) is 7.59. The van der Waals surface area contributed by atoms with E-state index in [9.17, 15) is 14.4 Å². The fourth-order valence-corrected chi connectivity index (χ4v) is 6.38. The van der Waals surface area contributed by atoms with Crippen LogP contribution in [0.3, 0.4) is 0 Å². The van der Waals surface area contributed by atoms with Crippen LogP contribution >= 0.6 is 0 Å². The van der Waals surface area contributed by atoms with Crippen molar-refractivity contribution in [3.05, 3.63) is 24.3 Å². The fourth-order valence-electron chi connectivity index (χ4n) is 6.38. The number of para-hydroxylation sites is 2. The maximum Gasteiger partial charge on any atom is 0.320 e. The Balaban J connectivity index is 1.10. The van der Waals surface area contributed by atoms with Gasteiger partial charge in [0.2, 0.25) is 5.91 Å². The van der Waals surface area contributed by atoms with Gasteiger partial charge in [-0.05, 0) is 63.0 Å². The lowest BCUT2D eigenvalue weighted by molar-refractivity contribution is -0.144. The molecule has 1 aromatic rings. The third-order valence-corrected chi connectivity index (χ3v) is 7.99. The molecule has 0 aromatic heterocycles. The van der Waals surface area contributed by atoms with E-state index in [1.54, 1.807) is 0 Å². The molecule has 4 heterocycles. The minimum atomic E-state index is -0.252. The van der Waals surface area contributed by atoms with Gasteiger partial charge >= 0.3 is 12.1 Å². The molecule has 35 heavy (non-hydrogen) atoms. The second kappa shape index (κ2) is 10.3. The van der Waals surface area contributed by atoms with Crippen LogP contribution in [0.5, 0.6) is 5.75 Å². The Hall–Kier alpha value is -2.97. The molecule has 0 spiro atoms. The van der Waals surface area contributed by atoms with Crippen LogP contribution in [-0.2, 0) is 4.79 Å². The summed E-state index contributed by atoms with van der Waals surface area (Å²) in [5.41, 5.74) is 0.647. The number of hydrogen-bond acceptors (Lipinski definition) is 4. The van der Waals surface area contributed by atoms with E-state index in [1.807, 2.05) is 41.0 Å². The molecule has 0 aliphatic carbocycles. The van der Waals surface area contributed by atoms with Crippen LogP contribution in [-0.4, -0.2) is 84.1 Å². The highest BCUT2D eigenvalue weighted by molar-refractivity contribution is 5.91. The maximum atomic E-state index is 13.3. The zero-order valence-corrected chi connectivity index (χ0v) is 20.6. The number of nitrogens with one attached hydrogen (secondary N) is 2. The number of hydrogen-bond donors (Lipinski definition) is 2. The topological polar surface area (TPSA) is 94.2 Å². The molecule has 9 heteroatoms. The van der Waals surface area contributed by atoms with E-state index in [1.165, 1.54) is 0 Å². The van der Waals surface area contributed by atoms with Gasteiger partial charge in [-0.15, -0.1) is 0 Å². The Morgan fingerprint density at radius 1 is 1.06 bits per heavy atom. The van der Waals surface area contributed by atoms with Crippen molar-refractivity contribution in [2.24, 2.45) is 11.8 Å². The number of carbonyl (C=O) groups excluding carboxylic acids is 3. The van der Waals surface area contributed by atoms with E-state index in [2.05, 4.69) is 15.5 Å². The van der Waals surface area contributed by atoms with E-state index < -0.39 is 0 Å². The first-order valence-electron chi connectivity index (χ1n) is 13.1. The van der Waals surface area contributed by atoms with Crippen LogP contribution in [0, 0.1) is 11.8 Å². The SMILES string of the molecule is CCOc1ccccc1NC(=O)NC1CCN(C(=O)N2C[C@H]3C[C@@H](C2)[C@H]2CCCC(=O)N2C3)CC1. The van der Waals surface area contributed by atoms with E-state index in [0.717, 1.165) is 51.7 Å². The van der Waals surface area contributed by atoms with Crippen molar-refractivity contribution in [2.75, 3.05) is 44.6 Å². The molecule has 5 amide bonds. The number of likely N-dealkylation sites (tertiary alicyclic amines) is 2. The summed E-state index contributed by atoms with van der Waals surface area (Å²) in [5, 5.41) is 5.93. The van der Waals surface area contributed by atoms with Gasteiger partial charge < -0.3 is 30.1 Å². The molecule has 0 saturated carbocycles. The van der Waals surface area contributed by atoms with E-state index in [-0.39, 0.29) is 18.1 Å². The number of piperidine rings is 4. The molecule has 4 aliphatic heterocycles. The summed E-state index contributed by atoms with van der Waals surface area (Å²) < 4.78 is 5.58. The van der Waals surface area contributed by atoms with Crippen LogP contribution in [0.4, 0.5) is 15.3 Å². The Bertz CT molecular complexity index is 947. The number of nitrogens with zero attached hydrogens (tertiary/aromatic N) is 3. The molecule has 0 unspecified atom stereocenters. The van der Waals surface area contributed by atoms with Crippen LogP contribution < -0.4 is 15.4 Å². The zero-order valence-electron chi connectivity index (χ0n) is 20.6. The molecule has 2 bridgehead atoms. The lowest BCUT2D eigenvalue weighted by atomic mass is 9.76. The van der Waals surface area contributed by atoms with Gasteiger partial charge in [0.25, 0.3) is 0 Å². The standard InChI is InChI=1S/C26H37N5O4/c1-2-35-23-8-4-3-6-21(23)28-25(33)27-20-10-12-29(13-11-20)26(34)30-15-18-14-19(17-30)22-7-5-9-24(32)31(22)16-18/h3-4,6,8,18-20,22H,2,5,7,9-17H2,1H3,(H2,27,28,33)/t18-,19+,22-/m1/s1. The minimum absolute atomic E-state index is 0.0286. The summed E-state index contributed by atoms with van der Waals surface area (Å²) in [5.74, 6) is 1.74. The predicted octanol–water partition coefficient (Wildman–Crippen LogP) is 3.12. The average molecular weight is 484 g/mol. The monoisotopic (exact) mass is 483 g/mol. The predicted molar refractivity (Wildman–Crippen MR) is 132 cm³/mol. The second-order valence-electron chi connectivity index (χ2n) is 10.3. The minimum Gasteiger partial charge on any atom is -0.492 e. The van der Waals surface area contributed by atoms with Gasteiger partial charge in [-0.3, -0.25) is 4.79 Å². The molecule has 4 fully saturated rings. The van der Waals surface area contributed by atoms with Crippen molar-refractivity contribution < 1.29 is 19.1 Å². The van der Waals surface area contributed by atoms with Gasteiger partial charge in [-0.2, -0.15) is 0 Å². The number of urea groups is 2. The molecular formula is C26H37N5O4. The first-order chi connectivity index (χ1) is 17.0.